The van der Waals surface area contributed by atoms with Gasteiger partial charge < -0.3 is 20.1 Å². The summed E-state index contributed by atoms with van der Waals surface area (Å²) >= 11 is 0. The highest BCUT2D eigenvalue weighted by Gasteiger charge is 2.28. The molecule has 0 atom stereocenters. The number of H-pyrrole nitrogens is 1. The van der Waals surface area contributed by atoms with Gasteiger partial charge in [0.25, 0.3) is 11.5 Å². The number of nitrogens with zero attached hydrogens (tertiary/aromatic N) is 4. The summed E-state index contributed by atoms with van der Waals surface area (Å²) in [6.07, 6.45) is 8.06. The van der Waals surface area contributed by atoms with Gasteiger partial charge in [-0.15, -0.1) is 0 Å². The maximum Gasteiger partial charge on any atom is 0.253 e. The zero-order valence-electron chi connectivity index (χ0n) is 24.4. The Morgan fingerprint density at radius 2 is 1.69 bits per heavy atom. The Bertz CT molecular complexity index is 1370. The molecule has 1 aromatic carbocycles. The van der Waals surface area contributed by atoms with Crippen molar-refractivity contribution in [1.29, 1.82) is 0 Å². The van der Waals surface area contributed by atoms with E-state index < -0.39 is 0 Å². The van der Waals surface area contributed by atoms with Gasteiger partial charge in [0.05, 0.1) is 17.6 Å². The molecule has 0 saturated heterocycles. The first kappa shape index (κ1) is 28.5. The van der Waals surface area contributed by atoms with Crippen LogP contribution in [0.4, 0.5) is 5.69 Å². The number of pyridine rings is 1. The monoisotopic (exact) mass is 530 g/mol. The summed E-state index contributed by atoms with van der Waals surface area (Å²) in [5.41, 5.74) is 7.08. The SMILES string of the molecule is CCN(c1cc(-c2cnc(C)cn2)cc(C(=O)NCc2c(C)cc(C)[nH]c2=O)c1C)C1CCC(N(C)C)CC1. The summed E-state index contributed by atoms with van der Waals surface area (Å²) < 4.78 is 0. The number of hydrogen-bond donors (Lipinski definition) is 2. The predicted octanol–water partition coefficient (Wildman–Crippen LogP) is 4.69. The topological polar surface area (TPSA) is 94.2 Å². The third-order valence-corrected chi connectivity index (χ3v) is 8.11. The smallest absolute Gasteiger partial charge is 0.253 e. The highest BCUT2D eigenvalue weighted by molar-refractivity contribution is 5.98. The van der Waals surface area contributed by atoms with Crippen LogP contribution in [0.2, 0.25) is 0 Å². The molecule has 1 saturated carbocycles. The molecule has 2 aromatic heterocycles. The summed E-state index contributed by atoms with van der Waals surface area (Å²) in [6.45, 7) is 10.9. The molecule has 0 spiro atoms. The van der Waals surface area contributed by atoms with E-state index in [0.29, 0.717) is 23.2 Å². The van der Waals surface area contributed by atoms with Crippen LogP contribution in [-0.4, -0.2) is 58.5 Å². The lowest BCUT2D eigenvalue weighted by molar-refractivity contribution is 0.0950. The molecule has 208 valence electrons. The molecule has 0 unspecified atom stereocenters. The Balaban J connectivity index is 1.70. The van der Waals surface area contributed by atoms with E-state index in [1.165, 1.54) is 0 Å². The summed E-state index contributed by atoms with van der Waals surface area (Å²) in [5.74, 6) is -0.206. The van der Waals surface area contributed by atoms with E-state index in [9.17, 15) is 9.59 Å². The summed E-state index contributed by atoms with van der Waals surface area (Å²) in [7, 11) is 4.32. The van der Waals surface area contributed by atoms with Crippen molar-refractivity contribution in [3.63, 3.8) is 0 Å². The van der Waals surface area contributed by atoms with E-state index in [1.54, 1.807) is 12.4 Å². The first-order valence-corrected chi connectivity index (χ1v) is 13.9. The van der Waals surface area contributed by atoms with Gasteiger partial charge in [0.1, 0.15) is 0 Å². The van der Waals surface area contributed by atoms with E-state index in [4.69, 9.17) is 0 Å². The van der Waals surface area contributed by atoms with Gasteiger partial charge in [0.15, 0.2) is 0 Å². The van der Waals surface area contributed by atoms with Crippen LogP contribution in [0.15, 0.2) is 35.4 Å². The van der Waals surface area contributed by atoms with Crippen molar-refractivity contribution in [2.45, 2.75) is 78.9 Å². The highest BCUT2D eigenvalue weighted by atomic mass is 16.1. The van der Waals surface area contributed by atoms with Crippen molar-refractivity contribution in [3.05, 3.63) is 74.6 Å². The Morgan fingerprint density at radius 1 is 1.00 bits per heavy atom. The molecule has 1 amide bonds. The summed E-state index contributed by atoms with van der Waals surface area (Å²) in [5, 5.41) is 3.01. The third-order valence-electron chi connectivity index (χ3n) is 8.11. The molecule has 0 radical (unpaired) electrons. The van der Waals surface area contributed by atoms with Gasteiger partial charge in [-0.25, -0.2) is 0 Å². The number of amides is 1. The van der Waals surface area contributed by atoms with E-state index in [-0.39, 0.29) is 18.0 Å². The lowest BCUT2D eigenvalue weighted by Gasteiger charge is -2.40. The first-order valence-electron chi connectivity index (χ1n) is 13.9. The Morgan fingerprint density at radius 3 is 2.28 bits per heavy atom. The molecular weight excluding hydrogens is 488 g/mol. The molecule has 3 aromatic rings. The molecule has 0 aliphatic heterocycles. The number of aromatic amines is 1. The number of aryl methyl sites for hydroxylation is 3. The van der Waals surface area contributed by atoms with Gasteiger partial charge in [0, 0.05) is 59.4 Å². The van der Waals surface area contributed by atoms with E-state index in [2.05, 4.69) is 57.2 Å². The summed E-state index contributed by atoms with van der Waals surface area (Å²) in [4.78, 5) is 42.9. The molecule has 0 bridgehead atoms. The second kappa shape index (κ2) is 12.1. The van der Waals surface area contributed by atoms with Gasteiger partial charge >= 0.3 is 0 Å². The van der Waals surface area contributed by atoms with Crippen molar-refractivity contribution < 1.29 is 4.79 Å². The van der Waals surface area contributed by atoms with Crippen molar-refractivity contribution in [1.82, 2.24) is 25.2 Å². The van der Waals surface area contributed by atoms with Crippen LogP contribution in [0, 0.1) is 27.7 Å². The van der Waals surface area contributed by atoms with E-state index in [1.807, 2.05) is 39.8 Å². The quantitative estimate of drug-likeness (QED) is 0.439. The van der Waals surface area contributed by atoms with Crippen molar-refractivity contribution >= 4 is 11.6 Å². The van der Waals surface area contributed by atoms with Crippen LogP contribution in [0.25, 0.3) is 11.3 Å². The molecule has 8 heteroatoms. The third kappa shape index (κ3) is 6.38. The Labute approximate surface area is 231 Å². The average molecular weight is 531 g/mol. The zero-order valence-corrected chi connectivity index (χ0v) is 24.4. The normalized spacial score (nSPS) is 17.3. The molecule has 39 heavy (non-hydrogen) atoms. The summed E-state index contributed by atoms with van der Waals surface area (Å²) in [6, 6.07) is 7.00. The molecular formula is C31H42N6O2. The van der Waals surface area contributed by atoms with Crippen molar-refractivity contribution in [2.24, 2.45) is 0 Å². The number of carbonyl (C=O) groups is 1. The molecule has 1 aliphatic rings. The molecule has 1 aliphatic carbocycles. The van der Waals surface area contributed by atoms with Crippen molar-refractivity contribution in [3.8, 4) is 11.3 Å². The van der Waals surface area contributed by atoms with Crippen LogP contribution in [0.5, 0.6) is 0 Å². The number of benzene rings is 1. The molecule has 4 rings (SSSR count). The van der Waals surface area contributed by atoms with Gasteiger partial charge in [0.2, 0.25) is 0 Å². The first-order chi connectivity index (χ1) is 18.6. The maximum atomic E-state index is 13.6. The number of hydrogen-bond acceptors (Lipinski definition) is 6. The molecule has 8 nitrogen and oxygen atoms in total. The highest BCUT2D eigenvalue weighted by Crippen LogP contribution is 2.35. The fraction of sp³-hybridized carbons (Fsp3) is 0.484. The predicted molar refractivity (Wildman–Crippen MR) is 157 cm³/mol. The van der Waals surface area contributed by atoms with Gasteiger partial charge in [-0.1, -0.05) is 0 Å². The van der Waals surface area contributed by atoms with Crippen LogP contribution >= 0.6 is 0 Å². The number of nitrogens with one attached hydrogen (secondary N) is 2. The number of anilines is 1. The van der Waals surface area contributed by atoms with Gasteiger partial charge in [-0.05, 0) is 104 Å². The van der Waals surface area contributed by atoms with Crippen molar-refractivity contribution in [2.75, 3.05) is 25.5 Å². The fourth-order valence-electron chi connectivity index (χ4n) is 5.80. The lowest BCUT2D eigenvalue weighted by Crippen LogP contribution is -2.42. The van der Waals surface area contributed by atoms with Crippen LogP contribution in [-0.2, 0) is 6.54 Å². The van der Waals surface area contributed by atoms with Gasteiger partial charge in [-0.2, -0.15) is 0 Å². The maximum absolute atomic E-state index is 13.6. The molecule has 2 heterocycles. The zero-order chi connectivity index (χ0) is 28.3. The Kier molecular flexibility index (Phi) is 8.85. The standard InChI is InChI=1S/C31H42N6O2/c1-8-37(25-11-9-24(10-12-25)36(6)7)29-15-23(28-18-32-21(4)16-33-28)14-26(22(29)5)30(38)34-17-27-19(2)13-20(3)35-31(27)39/h13-16,18,24-25H,8-12,17H2,1-7H3,(H,34,38)(H,35,39). The lowest BCUT2D eigenvalue weighted by atomic mass is 9.88. The minimum absolute atomic E-state index is 0.162. The van der Waals surface area contributed by atoms with Crippen LogP contribution in [0.1, 0.15) is 71.0 Å². The number of aromatic nitrogens is 3. The second-order valence-corrected chi connectivity index (χ2v) is 11.0. The van der Waals surface area contributed by atoms with Gasteiger partial charge in [-0.3, -0.25) is 19.6 Å². The average Bonchev–Trinajstić information content (AvgIpc) is 2.90. The number of carbonyl (C=O) groups excluding carboxylic acids is 1. The van der Waals surface area contributed by atoms with Crippen LogP contribution < -0.4 is 15.8 Å². The molecule has 2 N–H and O–H groups in total. The Hall–Kier alpha value is -3.52. The minimum atomic E-state index is -0.206. The number of rotatable bonds is 8. The second-order valence-electron chi connectivity index (χ2n) is 11.0. The van der Waals surface area contributed by atoms with E-state index >= 15 is 0 Å². The van der Waals surface area contributed by atoms with Crippen LogP contribution in [0.3, 0.4) is 0 Å². The minimum Gasteiger partial charge on any atom is -0.369 e. The molecule has 1 fully saturated rings. The largest absolute Gasteiger partial charge is 0.369 e. The van der Waals surface area contributed by atoms with E-state index in [0.717, 1.165) is 71.7 Å². The fourth-order valence-corrected chi connectivity index (χ4v) is 5.80.